The molecule has 15 heavy (non-hydrogen) atoms. The van der Waals surface area contributed by atoms with E-state index < -0.39 is 0 Å². The fourth-order valence-electron chi connectivity index (χ4n) is 2.02. The molecule has 2 heteroatoms. The molecule has 1 atom stereocenters. The lowest BCUT2D eigenvalue weighted by atomic mass is 9.92. The van der Waals surface area contributed by atoms with Gasteiger partial charge in [-0.05, 0) is 51.0 Å². The van der Waals surface area contributed by atoms with Crippen LogP contribution in [0.25, 0.3) is 5.57 Å². The van der Waals surface area contributed by atoms with Crippen molar-refractivity contribution in [2.75, 3.05) is 0 Å². The van der Waals surface area contributed by atoms with Crippen LogP contribution in [0.3, 0.4) is 0 Å². The van der Waals surface area contributed by atoms with Crippen LogP contribution in [-0.4, -0.2) is 11.2 Å². The maximum Gasteiger partial charge on any atom is 0.128 e. The van der Waals surface area contributed by atoms with Gasteiger partial charge in [-0.25, -0.2) is 0 Å². The molecule has 0 spiro atoms. The van der Waals surface area contributed by atoms with Crippen molar-refractivity contribution in [1.82, 2.24) is 0 Å². The Labute approximate surface area is 90.2 Å². The maximum atomic E-state index is 9.67. The third-order valence-corrected chi connectivity index (χ3v) is 3.28. The van der Waals surface area contributed by atoms with Gasteiger partial charge >= 0.3 is 0 Å². The molecular weight excluding hydrogens is 188 g/mol. The number of rotatable bonds is 0. The lowest BCUT2D eigenvalue weighted by molar-refractivity contribution is 0.251. The predicted octanol–water partition coefficient (Wildman–Crippen LogP) is 3.27. The van der Waals surface area contributed by atoms with Crippen LogP contribution in [-0.2, 0) is 0 Å². The largest absolute Gasteiger partial charge is 0.508 e. The quantitative estimate of drug-likeness (QED) is 0.702. The summed E-state index contributed by atoms with van der Waals surface area (Å²) in [5.41, 5.74) is 4.40. The van der Waals surface area contributed by atoms with Crippen LogP contribution in [0.1, 0.15) is 31.9 Å². The molecule has 0 fully saturated rings. The Bertz CT molecular complexity index is 444. The Hall–Kier alpha value is -1.44. The Morgan fingerprint density at radius 3 is 2.53 bits per heavy atom. The molecule has 2 nitrogen and oxygen atoms in total. The summed E-state index contributed by atoms with van der Waals surface area (Å²) in [4.78, 5) is 0. The van der Waals surface area contributed by atoms with Crippen molar-refractivity contribution in [2.24, 2.45) is 0 Å². The topological polar surface area (TPSA) is 29.5 Å². The van der Waals surface area contributed by atoms with Gasteiger partial charge in [-0.15, -0.1) is 0 Å². The molecule has 80 valence electrons. The maximum absolute atomic E-state index is 9.67. The standard InChI is InChI=1S/C13H16O2/c1-7-8(2)13-9(3)11(14)5-6-12(13)15-10(7)4/h5-6,10,14H,1-4H3. The van der Waals surface area contributed by atoms with E-state index in [1.165, 1.54) is 11.1 Å². The zero-order chi connectivity index (χ0) is 11.2. The van der Waals surface area contributed by atoms with E-state index in [4.69, 9.17) is 4.74 Å². The van der Waals surface area contributed by atoms with Crippen LogP contribution in [0.2, 0.25) is 0 Å². The monoisotopic (exact) mass is 204 g/mol. The first-order chi connectivity index (χ1) is 7.02. The third-order valence-electron chi connectivity index (χ3n) is 3.28. The first-order valence-corrected chi connectivity index (χ1v) is 5.19. The van der Waals surface area contributed by atoms with Gasteiger partial charge in [-0.1, -0.05) is 0 Å². The van der Waals surface area contributed by atoms with Crippen LogP contribution in [0.5, 0.6) is 11.5 Å². The molecule has 0 saturated carbocycles. The zero-order valence-electron chi connectivity index (χ0n) is 9.59. The number of hydrogen-bond donors (Lipinski definition) is 1. The fraction of sp³-hybridized carbons (Fsp3) is 0.385. The lowest BCUT2D eigenvalue weighted by Crippen LogP contribution is -2.19. The molecule has 1 heterocycles. The number of hydrogen-bond acceptors (Lipinski definition) is 2. The van der Waals surface area contributed by atoms with Crippen molar-refractivity contribution in [3.63, 3.8) is 0 Å². The first-order valence-electron chi connectivity index (χ1n) is 5.19. The smallest absolute Gasteiger partial charge is 0.128 e. The first kappa shape index (κ1) is 10.1. The van der Waals surface area contributed by atoms with E-state index in [0.717, 1.165) is 16.9 Å². The second-order valence-corrected chi connectivity index (χ2v) is 4.15. The Balaban J connectivity index is 2.71. The number of aromatic hydroxyl groups is 1. The van der Waals surface area contributed by atoms with Crippen molar-refractivity contribution < 1.29 is 9.84 Å². The summed E-state index contributed by atoms with van der Waals surface area (Å²) in [6.45, 7) is 8.13. The average molecular weight is 204 g/mol. The van der Waals surface area contributed by atoms with Crippen molar-refractivity contribution >= 4 is 5.57 Å². The summed E-state index contributed by atoms with van der Waals surface area (Å²) in [5, 5.41) is 9.67. The Morgan fingerprint density at radius 2 is 1.87 bits per heavy atom. The normalized spacial score (nSPS) is 19.9. The Morgan fingerprint density at radius 1 is 1.20 bits per heavy atom. The van der Waals surface area contributed by atoms with Gasteiger partial charge in [0.2, 0.25) is 0 Å². The lowest BCUT2D eigenvalue weighted by Gasteiger charge is -2.27. The highest BCUT2D eigenvalue weighted by molar-refractivity contribution is 5.77. The number of benzene rings is 1. The van der Waals surface area contributed by atoms with Crippen molar-refractivity contribution in [3.8, 4) is 11.5 Å². The number of phenols is 1. The predicted molar refractivity (Wildman–Crippen MR) is 61.2 cm³/mol. The van der Waals surface area contributed by atoms with E-state index in [2.05, 4.69) is 13.8 Å². The minimum Gasteiger partial charge on any atom is -0.508 e. The summed E-state index contributed by atoms with van der Waals surface area (Å²) in [7, 11) is 0. The number of fused-ring (bicyclic) bond motifs is 1. The van der Waals surface area contributed by atoms with Crippen LogP contribution in [0, 0.1) is 6.92 Å². The van der Waals surface area contributed by atoms with Crippen molar-refractivity contribution in [2.45, 2.75) is 33.8 Å². The van der Waals surface area contributed by atoms with E-state index in [-0.39, 0.29) is 6.10 Å². The molecule has 0 aliphatic carbocycles. The summed E-state index contributed by atoms with van der Waals surface area (Å²) < 4.78 is 5.78. The van der Waals surface area contributed by atoms with Gasteiger partial charge in [0.15, 0.2) is 0 Å². The van der Waals surface area contributed by atoms with E-state index >= 15 is 0 Å². The third kappa shape index (κ3) is 1.41. The van der Waals surface area contributed by atoms with Gasteiger partial charge in [-0.2, -0.15) is 0 Å². The van der Waals surface area contributed by atoms with Crippen LogP contribution in [0.15, 0.2) is 17.7 Å². The molecule has 1 N–H and O–H groups in total. The van der Waals surface area contributed by atoms with Gasteiger partial charge in [0.1, 0.15) is 17.6 Å². The second-order valence-electron chi connectivity index (χ2n) is 4.15. The van der Waals surface area contributed by atoms with E-state index in [9.17, 15) is 5.11 Å². The van der Waals surface area contributed by atoms with Gasteiger partial charge in [0, 0.05) is 11.1 Å². The van der Waals surface area contributed by atoms with E-state index in [1.807, 2.05) is 19.9 Å². The minimum atomic E-state index is 0.126. The highest BCUT2D eigenvalue weighted by atomic mass is 16.5. The SMILES string of the molecule is CC1=C(C)C(C)Oc2ccc(O)c(C)c21. The van der Waals surface area contributed by atoms with Crippen molar-refractivity contribution in [3.05, 3.63) is 28.8 Å². The van der Waals surface area contributed by atoms with Crippen LogP contribution >= 0.6 is 0 Å². The molecule has 1 aromatic rings. The van der Waals surface area contributed by atoms with Crippen LogP contribution < -0.4 is 4.74 Å². The number of allylic oxidation sites excluding steroid dienone is 1. The minimum absolute atomic E-state index is 0.126. The number of ether oxygens (including phenoxy) is 1. The number of phenolic OH excluding ortho intramolecular Hbond substituents is 1. The summed E-state index contributed by atoms with van der Waals surface area (Å²) in [6, 6.07) is 3.53. The Kier molecular flexibility index (Phi) is 2.22. The zero-order valence-corrected chi connectivity index (χ0v) is 9.59. The second kappa shape index (κ2) is 3.30. The molecule has 1 unspecified atom stereocenters. The van der Waals surface area contributed by atoms with Crippen LogP contribution in [0.4, 0.5) is 0 Å². The molecule has 0 bridgehead atoms. The van der Waals surface area contributed by atoms with Gasteiger partial charge in [0.25, 0.3) is 0 Å². The molecule has 0 aromatic heterocycles. The van der Waals surface area contributed by atoms with E-state index in [0.29, 0.717) is 5.75 Å². The molecule has 1 aliphatic rings. The molecule has 2 rings (SSSR count). The van der Waals surface area contributed by atoms with Gasteiger partial charge in [-0.3, -0.25) is 0 Å². The molecule has 1 aromatic carbocycles. The molecule has 1 aliphatic heterocycles. The highest BCUT2D eigenvalue weighted by Crippen LogP contribution is 2.40. The van der Waals surface area contributed by atoms with E-state index in [1.54, 1.807) is 6.07 Å². The summed E-state index contributed by atoms with van der Waals surface area (Å²) in [5.74, 6) is 1.21. The fourth-order valence-corrected chi connectivity index (χ4v) is 2.02. The molecule has 0 amide bonds. The van der Waals surface area contributed by atoms with Gasteiger partial charge in [0.05, 0.1) is 0 Å². The average Bonchev–Trinajstić information content (AvgIpc) is 2.20. The van der Waals surface area contributed by atoms with Crippen molar-refractivity contribution in [1.29, 1.82) is 0 Å². The molecule has 0 radical (unpaired) electrons. The summed E-state index contributed by atoms with van der Waals surface area (Å²) >= 11 is 0. The summed E-state index contributed by atoms with van der Waals surface area (Å²) in [6.07, 6.45) is 0.126. The molecule has 0 saturated heterocycles. The molecular formula is C13H16O2. The highest BCUT2D eigenvalue weighted by Gasteiger charge is 2.22. The van der Waals surface area contributed by atoms with Gasteiger partial charge < -0.3 is 9.84 Å².